The number of rotatable bonds is 3. The summed E-state index contributed by atoms with van der Waals surface area (Å²) in [6.07, 6.45) is 12.0. The fraction of sp³-hybridized carbons (Fsp3) is 0.152. The first kappa shape index (κ1) is 22.1. The van der Waals surface area contributed by atoms with Gasteiger partial charge in [-0.25, -0.2) is 0 Å². The predicted molar refractivity (Wildman–Crippen MR) is 156 cm³/mol. The number of fused-ring (bicyclic) bond motifs is 3. The van der Waals surface area contributed by atoms with Crippen LogP contribution in [0.3, 0.4) is 0 Å². The Hall–Kier alpha value is -3.14. The van der Waals surface area contributed by atoms with E-state index in [0.717, 1.165) is 22.4 Å². The summed E-state index contributed by atoms with van der Waals surface area (Å²) in [6, 6.07) is 32.2. The Morgan fingerprint density at radius 1 is 0.722 bits per heavy atom. The van der Waals surface area contributed by atoms with Gasteiger partial charge in [-0.15, -0.1) is 0 Å². The fourth-order valence-electron chi connectivity index (χ4n) is 5.48. The normalized spacial score (nSPS) is 18.1. The third-order valence-electron chi connectivity index (χ3n) is 7.31. The summed E-state index contributed by atoms with van der Waals surface area (Å²) in [6.45, 7) is 0. The van der Waals surface area contributed by atoms with Gasteiger partial charge in [0.15, 0.2) is 5.60 Å². The number of thioether (sulfide) groups is 2. The van der Waals surface area contributed by atoms with E-state index in [9.17, 15) is 0 Å². The standard InChI is InChI=1S/C33H26OS2/c1-3-9-25(10-4-1)33(26-11-5-2-6-12-26)20-19-28-27-17-15-23(21-24(27)16-18-29(28)34-33)22-32-35-30-13-7-8-14-31(30)36-32/h1-6,9-12,15-22H,7-8,13-14H2. The molecule has 0 radical (unpaired) electrons. The van der Waals surface area contributed by atoms with Crippen LogP contribution in [-0.4, -0.2) is 0 Å². The lowest BCUT2D eigenvalue weighted by atomic mass is 9.83. The van der Waals surface area contributed by atoms with Crippen molar-refractivity contribution in [1.82, 2.24) is 0 Å². The molecule has 4 aromatic rings. The van der Waals surface area contributed by atoms with Crippen LogP contribution in [0.4, 0.5) is 0 Å². The van der Waals surface area contributed by atoms with E-state index in [2.05, 4.69) is 109 Å². The third kappa shape index (κ3) is 3.82. The molecule has 0 saturated carbocycles. The number of hydrogen-bond donors (Lipinski definition) is 0. The van der Waals surface area contributed by atoms with Gasteiger partial charge in [-0.1, -0.05) is 102 Å². The van der Waals surface area contributed by atoms with E-state index in [1.54, 1.807) is 9.81 Å². The predicted octanol–water partition coefficient (Wildman–Crippen LogP) is 9.75. The SMILES string of the molecule is C1=CC(c2ccccc2)(c2ccccc2)Oc2ccc3cc(C=C4SC5=C(CCCC5)S4)ccc3c21. The van der Waals surface area contributed by atoms with Crippen molar-refractivity contribution in [2.75, 3.05) is 0 Å². The molecule has 0 unspecified atom stereocenters. The van der Waals surface area contributed by atoms with E-state index in [1.165, 1.54) is 46.3 Å². The maximum Gasteiger partial charge on any atom is 0.178 e. The maximum absolute atomic E-state index is 6.88. The van der Waals surface area contributed by atoms with Gasteiger partial charge in [0.2, 0.25) is 0 Å². The van der Waals surface area contributed by atoms with Crippen LogP contribution in [0.2, 0.25) is 0 Å². The van der Waals surface area contributed by atoms with Gasteiger partial charge in [0.25, 0.3) is 0 Å². The number of ether oxygens (including phenoxy) is 1. The molecule has 3 aliphatic rings. The summed E-state index contributed by atoms with van der Waals surface area (Å²) < 4.78 is 8.30. The van der Waals surface area contributed by atoms with Crippen molar-refractivity contribution >= 4 is 46.4 Å². The average Bonchev–Trinajstić information content (AvgIpc) is 3.36. The zero-order chi connectivity index (χ0) is 24.0. The van der Waals surface area contributed by atoms with Gasteiger partial charge >= 0.3 is 0 Å². The lowest BCUT2D eigenvalue weighted by Gasteiger charge is -2.36. The maximum atomic E-state index is 6.88. The molecule has 1 nitrogen and oxygen atoms in total. The molecular weight excluding hydrogens is 476 g/mol. The summed E-state index contributed by atoms with van der Waals surface area (Å²) in [5, 5.41) is 2.47. The Morgan fingerprint density at radius 2 is 1.39 bits per heavy atom. The van der Waals surface area contributed by atoms with Crippen molar-refractivity contribution in [3.8, 4) is 5.75 Å². The molecule has 0 atom stereocenters. The van der Waals surface area contributed by atoms with Gasteiger partial charge in [0.1, 0.15) is 5.75 Å². The molecule has 0 amide bonds. The van der Waals surface area contributed by atoms with Crippen molar-refractivity contribution < 1.29 is 4.74 Å². The summed E-state index contributed by atoms with van der Waals surface area (Å²) in [7, 11) is 0. The fourth-order valence-corrected chi connectivity index (χ4v) is 8.30. The average molecular weight is 503 g/mol. The van der Waals surface area contributed by atoms with E-state index in [-0.39, 0.29) is 0 Å². The highest BCUT2D eigenvalue weighted by molar-refractivity contribution is 8.28. The van der Waals surface area contributed by atoms with Crippen LogP contribution >= 0.6 is 23.5 Å². The van der Waals surface area contributed by atoms with Crippen molar-refractivity contribution in [3.63, 3.8) is 0 Å². The van der Waals surface area contributed by atoms with Crippen molar-refractivity contribution in [1.29, 1.82) is 0 Å². The van der Waals surface area contributed by atoms with Crippen molar-refractivity contribution in [2.45, 2.75) is 31.3 Å². The molecular formula is C33H26OS2. The highest BCUT2D eigenvalue weighted by atomic mass is 32.2. The van der Waals surface area contributed by atoms with Crippen molar-refractivity contribution in [3.05, 3.63) is 133 Å². The minimum atomic E-state index is -0.642. The largest absolute Gasteiger partial charge is 0.473 e. The Kier molecular flexibility index (Phi) is 5.56. The number of benzene rings is 4. The zero-order valence-corrected chi connectivity index (χ0v) is 21.6. The lowest BCUT2D eigenvalue weighted by molar-refractivity contribution is 0.161. The Morgan fingerprint density at radius 3 is 2.06 bits per heavy atom. The molecule has 176 valence electrons. The number of hydrogen-bond acceptors (Lipinski definition) is 3. The minimum Gasteiger partial charge on any atom is -0.473 e. The molecule has 7 rings (SSSR count). The van der Waals surface area contributed by atoms with Gasteiger partial charge in [0.05, 0.1) is 0 Å². The third-order valence-corrected chi connectivity index (χ3v) is 9.97. The van der Waals surface area contributed by atoms with Crippen LogP contribution in [-0.2, 0) is 5.60 Å². The van der Waals surface area contributed by atoms with E-state index in [0.29, 0.717) is 0 Å². The van der Waals surface area contributed by atoms with Gasteiger partial charge in [-0.2, -0.15) is 0 Å². The van der Waals surface area contributed by atoms with Crippen LogP contribution in [0.25, 0.3) is 22.9 Å². The van der Waals surface area contributed by atoms with Gasteiger partial charge < -0.3 is 4.74 Å². The van der Waals surface area contributed by atoms with Crippen LogP contribution in [0.15, 0.2) is 111 Å². The topological polar surface area (TPSA) is 9.23 Å². The van der Waals surface area contributed by atoms with Gasteiger partial charge in [-0.05, 0) is 72.4 Å². The summed E-state index contributed by atoms with van der Waals surface area (Å²) >= 11 is 3.97. The van der Waals surface area contributed by atoms with E-state index in [1.807, 2.05) is 23.5 Å². The van der Waals surface area contributed by atoms with E-state index >= 15 is 0 Å². The quantitative estimate of drug-likeness (QED) is 0.276. The lowest BCUT2D eigenvalue weighted by Crippen LogP contribution is -2.34. The van der Waals surface area contributed by atoms with E-state index < -0.39 is 5.60 Å². The van der Waals surface area contributed by atoms with Crippen LogP contribution in [0.1, 0.15) is 47.9 Å². The van der Waals surface area contributed by atoms with Gasteiger partial charge in [0, 0.05) is 30.7 Å². The molecule has 2 aliphatic heterocycles. The molecule has 0 fully saturated rings. The summed E-state index contributed by atoms with van der Waals surface area (Å²) in [5.41, 5.74) is 4.03. The molecule has 0 N–H and O–H groups in total. The second-order valence-electron chi connectivity index (χ2n) is 9.58. The second-order valence-corrected chi connectivity index (χ2v) is 12.1. The number of allylic oxidation sites excluding steroid dienone is 2. The molecule has 4 aromatic carbocycles. The molecule has 0 saturated heterocycles. The summed E-state index contributed by atoms with van der Waals surface area (Å²) in [5.74, 6) is 0.919. The van der Waals surface area contributed by atoms with E-state index in [4.69, 9.17) is 4.74 Å². The van der Waals surface area contributed by atoms with Gasteiger partial charge in [-0.3, -0.25) is 0 Å². The molecule has 0 aromatic heterocycles. The second kappa shape index (κ2) is 9.06. The molecule has 2 heterocycles. The molecule has 36 heavy (non-hydrogen) atoms. The molecule has 3 heteroatoms. The smallest absolute Gasteiger partial charge is 0.178 e. The molecule has 1 aliphatic carbocycles. The zero-order valence-electron chi connectivity index (χ0n) is 19.9. The summed E-state index contributed by atoms with van der Waals surface area (Å²) in [4.78, 5) is 3.21. The first-order valence-corrected chi connectivity index (χ1v) is 14.3. The first-order valence-electron chi connectivity index (χ1n) is 12.6. The van der Waals surface area contributed by atoms with Crippen LogP contribution in [0.5, 0.6) is 5.75 Å². The van der Waals surface area contributed by atoms with Crippen molar-refractivity contribution in [2.24, 2.45) is 0 Å². The van der Waals surface area contributed by atoms with Crippen LogP contribution in [0, 0.1) is 0 Å². The Labute approximate surface area is 221 Å². The molecule has 0 bridgehead atoms. The minimum absolute atomic E-state index is 0.642. The highest BCUT2D eigenvalue weighted by Crippen LogP contribution is 2.55. The highest BCUT2D eigenvalue weighted by Gasteiger charge is 2.37. The van der Waals surface area contributed by atoms with Crippen LogP contribution < -0.4 is 4.74 Å². The monoisotopic (exact) mass is 502 g/mol. The Bertz CT molecular complexity index is 1490. The molecule has 0 spiro atoms. The first-order chi connectivity index (χ1) is 17.8. The Balaban J connectivity index is 1.25.